The number of nitrogens with zero attached hydrogens (tertiary/aromatic N) is 2. The van der Waals surface area contributed by atoms with E-state index in [1.165, 1.54) is 0 Å². The molecule has 0 aliphatic heterocycles. The van der Waals surface area contributed by atoms with Gasteiger partial charge in [-0.3, -0.25) is 0 Å². The number of anilines is 1. The van der Waals surface area contributed by atoms with Crippen molar-refractivity contribution in [3.63, 3.8) is 0 Å². The monoisotopic (exact) mass is 241 g/mol. The SMILES string of the molecule is CCc1cc(NC(C)C(C)CCl)nc(C)n1. The van der Waals surface area contributed by atoms with Gasteiger partial charge in [-0.25, -0.2) is 9.97 Å². The highest BCUT2D eigenvalue weighted by atomic mass is 35.5. The van der Waals surface area contributed by atoms with Gasteiger partial charge in [-0.2, -0.15) is 0 Å². The number of aryl methyl sites for hydroxylation is 2. The average Bonchev–Trinajstić information content (AvgIpc) is 2.26. The number of alkyl halides is 1. The van der Waals surface area contributed by atoms with Crippen LogP contribution in [0.25, 0.3) is 0 Å². The van der Waals surface area contributed by atoms with Gasteiger partial charge in [0, 0.05) is 23.7 Å². The smallest absolute Gasteiger partial charge is 0.130 e. The molecule has 1 N–H and O–H groups in total. The number of halogens is 1. The van der Waals surface area contributed by atoms with Crippen LogP contribution in [0.15, 0.2) is 6.07 Å². The summed E-state index contributed by atoms with van der Waals surface area (Å²) in [6, 6.07) is 2.32. The molecule has 0 radical (unpaired) electrons. The lowest BCUT2D eigenvalue weighted by Gasteiger charge is -2.20. The summed E-state index contributed by atoms with van der Waals surface area (Å²) in [6.07, 6.45) is 0.928. The Morgan fingerprint density at radius 2 is 2.06 bits per heavy atom. The van der Waals surface area contributed by atoms with E-state index in [1.807, 2.05) is 13.0 Å². The van der Waals surface area contributed by atoms with Gasteiger partial charge >= 0.3 is 0 Å². The molecule has 0 aliphatic carbocycles. The summed E-state index contributed by atoms with van der Waals surface area (Å²) in [6.45, 7) is 8.26. The molecular formula is C12H20ClN3. The minimum Gasteiger partial charge on any atom is -0.367 e. The zero-order chi connectivity index (χ0) is 12.1. The molecule has 1 rings (SSSR count). The van der Waals surface area contributed by atoms with E-state index in [1.54, 1.807) is 0 Å². The average molecular weight is 242 g/mol. The van der Waals surface area contributed by atoms with E-state index in [9.17, 15) is 0 Å². The van der Waals surface area contributed by atoms with E-state index in [2.05, 4.69) is 36.1 Å². The van der Waals surface area contributed by atoms with Gasteiger partial charge < -0.3 is 5.32 Å². The highest BCUT2D eigenvalue weighted by Gasteiger charge is 2.11. The molecule has 0 aliphatic rings. The summed E-state index contributed by atoms with van der Waals surface area (Å²) < 4.78 is 0. The fourth-order valence-corrected chi connectivity index (χ4v) is 1.66. The molecule has 1 heterocycles. The van der Waals surface area contributed by atoms with Crippen LogP contribution in [-0.2, 0) is 6.42 Å². The molecule has 0 amide bonds. The molecule has 0 fully saturated rings. The highest BCUT2D eigenvalue weighted by molar-refractivity contribution is 6.18. The van der Waals surface area contributed by atoms with Crippen LogP contribution in [0.4, 0.5) is 5.82 Å². The first-order chi connectivity index (χ1) is 7.56. The van der Waals surface area contributed by atoms with E-state index < -0.39 is 0 Å². The number of aromatic nitrogens is 2. The molecule has 2 unspecified atom stereocenters. The van der Waals surface area contributed by atoms with E-state index >= 15 is 0 Å². The largest absolute Gasteiger partial charge is 0.367 e. The van der Waals surface area contributed by atoms with Crippen LogP contribution in [0.5, 0.6) is 0 Å². The Morgan fingerprint density at radius 1 is 1.38 bits per heavy atom. The maximum absolute atomic E-state index is 5.83. The molecule has 2 atom stereocenters. The van der Waals surface area contributed by atoms with E-state index in [0.717, 1.165) is 23.8 Å². The van der Waals surface area contributed by atoms with Crippen LogP contribution >= 0.6 is 11.6 Å². The second-order valence-electron chi connectivity index (χ2n) is 4.21. The van der Waals surface area contributed by atoms with Crippen molar-refractivity contribution in [1.29, 1.82) is 0 Å². The topological polar surface area (TPSA) is 37.8 Å². The number of hydrogen-bond donors (Lipinski definition) is 1. The minimum atomic E-state index is 0.316. The standard InChI is InChI=1S/C12H20ClN3/c1-5-11-6-12(16-10(4)15-11)14-9(3)8(2)7-13/h6,8-9H,5,7H2,1-4H3,(H,14,15,16). The summed E-state index contributed by atoms with van der Waals surface area (Å²) in [7, 11) is 0. The first kappa shape index (κ1) is 13.2. The van der Waals surface area contributed by atoms with Crippen molar-refractivity contribution in [1.82, 2.24) is 9.97 Å². The molecule has 90 valence electrons. The van der Waals surface area contributed by atoms with Gasteiger partial charge in [0.1, 0.15) is 11.6 Å². The lowest BCUT2D eigenvalue weighted by atomic mass is 10.1. The van der Waals surface area contributed by atoms with Crippen LogP contribution in [0, 0.1) is 12.8 Å². The Morgan fingerprint density at radius 3 is 2.62 bits per heavy atom. The number of hydrogen-bond acceptors (Lipinski definition) is 3. The molecule has 1 aromatic rings. The van der Waals surface area contributed by atoms with Crippen LogP contribution < -0.4 is 5.32 Å². The van der Waals surface area contributed by atoms with Crippen molar-refractivity contribution in [2.75, 3.05) is 11.2 Å². The summed E-state index contributed by atoms with van der Waals surface area (Å²) in [5, 5.41) is 3.37. The van der Waals surface area contributed by atoms with Crippen molar-refractivity contribution in [2.45, 2.75) is 40.2 Å². The Kier molecular flexibility index (Phi) is 5.00. The first-order valence-electron chi connectivity index (χ1n) is 5.73. The summed E-state index contributed by atoms with van der Waals surface area (Å²) in [5.74, 6) is 2.78. The third kappa shape index (κ3) is 3.63. The van der Waals surface area contributed by atoms with Crippen LogP contribution in [0.1, 0.15) is 32.3 Å². The molecule has 4 heteroatoms. The molecule has 16 heavy (non-hydrogen) atoms. The molecule has 1 aromatic heterocycles. The van der Waals surface area contributed by atoms with E-state index in [4.69, 9.17) is 11.6 Å². The number of nitrogens with one attached hydrogen (secondary N) is 1. The lowest BCUT2D eigenvalue weighted by molar-refractivity contribution is 0.564. The Hall–Kier alpha value is -0.830. The van der Waals surface area contributed by atoms with Gasteiger partial charge in [0.2, 0.25) is 0 Å². The second-order valence-corrected chi connectivity index (χ2v) is 4.52. The van der Waals surface area contributed by atoms with Crippen molar-refractivity contribution >= 4 is 17.4 Å². The third-order valence-corrected chi connectivity index (χ3v) is 3.21. The predicted octanol–water partition coefficient (Wildman–Crippen LogP) is 3.02. The molecule has 0 spiro atoms. The zero-order valence-electron chi connectivity index (χ0n) is 10.4. The fourth-order valence-electron chi connectivity index (χ4n) is 1.39. The summed E-state index contributed by atoms with van der Waals surface area (Å²) in [5.41, 5.74) is 1.07. The van der Waals surface area contributed by atoms with Crippen molar-refractivity contribution in [3.8, 4) is 0 Å². The van der Waals surface area contributed by atoms with Gasteiger partial charge in [0.05, 0.1) is 0 Å². The number of rotatable bonds is 5. The molecule has 0 bridgehead atoms. The molecule has 0 aromatic carbocycles. The van der Waals surface area contributed by atoms with Crippen molar-refractivity contribution in [2.24, 2.45) is 5.92 Å². The lowest BCUT2D eigenvalue weighted by Crippen LogP contribution is -2.25. The Labute approximate surface area is 103 Å². The Bertz CT molecular complexity index is 341. The first-order valence-corrected chi connectivity index (χ1v) is 6.27. The van der Waals surface area contributed by atoms with E-state index in [-0.39, 0.29) is 0 Å². The van der Waals surface area contributed by atoms with Crippen LogP contribution in [0.3, 0.4) is 0 Å². The summed E-state index contributed by atoms with van der Waals surface area (Å²) >= 11 is 5.83. The zero-order valence-corrected chi connectivity index (χ0v) is 11.2. The minimum absolute atomic E-state index is 0.316. The summed E-state index contributed by atoms with van der Waals surface area (Å²) in [4.78, 5) is 8.72. The van der Waals surface area contributed by atoms with Crippen molar-refractivity contribution in [3.05, 3.63) is 17.6 Å². The molecule has 3 nitrogen and oxygen atoms in total. The maximum atomic E-state index is 5.83. The molecular weight excluding hydrogens is 222 g/mol. The second kappa shape index (κ2) is 6.04. The van der Waals surface area contributed by atoms with Gasteiger partial charge in [-0.15, -0.1) is 11.6 Å². The van der Waals surface area contributed by atoms with Crippen LogP contribution in [0.2, 0.25) is 0 Å². The molecule has 0 saturated carbocycles. The van der Waals surface area contributed by atoms with Gasteiger partial charge in [-0.1, -0.05) is 13.8 Å². The fraction of sp³-hybridized carbons (Fsp3) is 0.667. The van der Waals surface area contributed by atoms with Gasteiger partial charge in [-0.05, 0) is 26.2 Å². The normalized spacial score (nSPS) is 14.6. The maximum Gasteiger partial charge on any atom is 0.130 e. The molecule has 0 saturated heterocycles. The van der Waals surface area contributed by atoms with Gasteiger partial charge in [0.15, 0.2) is 0 Å². The highest BCUT2D eigenvalue weighted by Crippen LogP contribution is 2.13. The van der Waals surface area contributed by atoms with Crippen molar-refractivity contribution < 1.29 is 0 Å². The third-order valence-electron chi connectivity index (χ3n) is 2.73. The van der Waals surface area contributed by atoms with Crippen LogP contribution in [-0.4, -0.2) is 21.9 Å². The van der Waals surface area contributed by atoms with Gasteiger partial charge in [0.25, 0.3) is 0 Å². The Balaban J connectivity index is 2.76. The van der Waals surface area contributed by atoms with E-state index in [0.29, 0.717) is 17.8 Å². The predicted molar refractivity (Wildman–Crippen MR) is 69.1 cm³/mol. The quantitative estimate of drug-likeness (QED) is 0.806.